The lowest BCUT2D eigenvalue weighted by Gasteiger charge is -2.47. The van der Waals surface area contributed by atoms with Crippen LogP contribution in [0.5, 0.6) is 5.88 Å². The summed E-state index contributed by atoms with van der Waals surface area (Å²) in [5, 5.41) is 17.3. The number of benzene rings is 1. The second-order valence-electron chi connectivity index (χ2n) is 11.6. The Morgan fingerprint density at radius 3 is 2.58 bits per heavy atom. The minimum Gasteiger partial charge on any atom is -0.471 e. The van der Waals surface area contributed by atoms with Crippen molar-refractivity contribution in [3.8, 4) is 5.88 Å². The Bertz CT molecular complexity index is 1100. The summed E-state index contributed by atoms with van der Waals surface area (Å²) in [7, 11) is 0. The van der Waals surface area contributed by atoms with Crippen LogP contribution in [-0.4, -0.2) is 40.3 Å². The zero-order valence-electron chi connectivity index (χ0n) is 21.5. The van der Waals surface area contributed by atoms with Crippen LogP contribution in [0.4, 0.5) is 8.78 Å². The molecule has 1 saturated carbocycles. The lowest BCUT2D eigenvalue weighted by atomic mass is 9.73. The van der Waals surface area contributed by atoms with Gasteiger partial charge in [0.05, 0.1) is 12.1 Å². The second kappa shape index (κ2) is 10.4. The number of fused-ring (bicyclic) bond motifs is 1. The van der Waals surface area contributed by atoms with Crippen molar-refractivity contribution in [2.45, 2.75) is 90.0 Å². The van der Waals surface area contributed by atoms with Crippen LogP contribution in [0.3, 0.4) is 0 Å². The molecule has 0 bridgehead atoms. The van der Waals surface area contributed by atoms with Gasteiger partial charge in [-0.2, -0.15) is 0 Å². The van der Waals surface area contributed by atoms with Gasteiger partial charge >= 0.3 is 0 Å². The molecule has 2 aliphatic rings. The lowest BCUT2D eigenvalue weighted by Crippen LogP contribution is -2.52. The van der Waals surface area contributed by atoms with E-state index in [1.807, 2.05) is 6.20 Å². The standard InChI is InChI=1S/C28H37F2N3O3/c1-17(34)33-23(12-18-6-7-21(29)22(30)11-18)25(35)16-31-24-14-28(8-5-9-28)36-26-20(24)10-19(15-32-26)13-27(2,3)4/h6-7,10-11,15,23-25,31,35H,5,8-9,12-14,16H2,1-4H3,(H,33,34)/t23-,24-,25-/m0/s1. The van der Waals surface area contributed by atoms with Gasteiger partial charge < -0.3 is 20.5 Å². The molecule has 2 aromatic rings. The summed E-state index contributed by atoms with van der Waals surface area (Å²) in [6.07, 6.45) is 5.84. The number of hydrogen-bond acceptors (Lipinski definition) is 5. The van der Waals surface area contributed by atoms with Gasteiger partial charge in [-0.05, 0) is 66.8 Å². The topological polar surface area (TPSA) is 83.5 Å². The molecule has 3 atom stereocenters. The molecule has 6 nitrogen and oxygen atoms in total. The number of carbonyl (C=O) groups is 1. The predicted molar refractivity (Wildman–Crippen MR) is 134 cm³/mol. The van der Waals surface area contributed by atoms with E-state index in [0.717, 1.165) is 55.4 Å². The molecule has 1 aliphatic heterocycles. The van der Waals surface area contributed by atoms with Crippen molar-refractivity contribution >= 4 is 5.91 Å². The van der Waals surface area contributed by atoms with Crippen molar-refractivity contribution in [3.05, 3.63) is 58.8 Å². The van der Waals surface area contributed by atoms with E-state index >= 15 is 0 Å². The molecule has 1 amide bonds. The Kier molecular flexibility index (Phi) is 7.67. The summed E-state index contributed by atoms with van der Waals surface area (Å²) in [5.41, 5.74) is 2.50. The first-order chi connectivity index (χ1) is 16.9. The van der Waals surface area contributed by atoms with Crippen LogP contribution >= 0.6 is 0 Å². The van der Waals surface area contributed by atoms with Crippen LogP contribution in [0.15, 0.2) is 30.5 Å². The van der Waals surface area contributed by atoms with Crippen LogP contribution in [0.2, 0.25) is 0 Å². The number of nitrogens with zero attached hydrogens (tertiary/aromatic N) is 1. The number of halogens is 2. The lowest BCUT2D eigenvalue weighted by molar-refractivity contribution is -0.120. The molecule has 3 N–H and O–H groups in total. The first-order valence-electron chi connectivity index (χ1n) is 12.7. The summed E-state index contributed by atoms with van der Waals surface area (Å²) < 4.78 is 33.4. The molecule has 1 aliphatic carbocycles. The number of pyridine rings is 1. The highest BCUT2D eigenvalue weighted by Gasteiger charge is 2.46. The van der Waals surface area contributed by atoms with Gasteiger partial charge in [-0.15, -0.1) is 0 Å². The average Bonchev–Trinajstić information content (AvgIpc) is 2.76. The molecular formula is C28H37F2N3O3. The number of carbonyl (C=O) groups excluding carboxylic acids is 1. The van der Waals surface area contributed by atoms with Gasteiger partial charge in [0, 0.05) is 37.7 Å². The van der Waals surface area contributed by atoms with Crippen LogP contribution < -0.4 is 15.4 Å². The summed E-state index contributed by atoms with van der Waals surface area (Å²) in [5.74, 6) is -1.54. The second-order valence-corrected chi connectivity index (χ2v) is 11.6. The van der Waals surface area contributed by atoms with Crippen molar-refractivity contribution in [2.75, 3.05) is 6.54 Å². The Balaban J connectivity index is 1.50. The first-order valence-corrected chi connectivity index (χ1v) is 12.7. The van der Waals surface area contributed by atoms with E-state index < -0.39 is 23.8 Å². The molecule has 196 valence electrons. The first kappa shape index (κ1) is 26.5. The SMILES string of the molecule is CC(=O)N[C@@H](Cc1ccc(F)c(F)c1)[C@@H](O)CN[C@H]1CC2(CCC2)Oc2ncc(CC(C)(C)C)cc21. The van der Waals surface area contributed by atoms with Gasteiger partial charge in [0.1, 0.15) is 5.60 Å². The zero-order chi connectivity index (χ0) is 26.1. The van der Waals surface area contributed by atoms with E-state index in [-0.39, 0.29) is 35.9 Å². The van der Waals surface area contributed by atoms with Gasteiger partial charge in [-0.3, -0.25) is 4.79 Å². The summed E-state index contributed by atoms with van der Waals surface area (Å²) in [6.45, 7) is 8.14. The molecular weight excluding hydrogens is 464 g/mol. The average molecular weight is 502 g/mol. The molecule has 0 radical (unpaired) electrons. The number of aliphatic hydroxyl groups is 1. The van der Waals surface area contributed by atoms with Crippen LogP contribution in [0.1, 0.15) is 76.1 Å². The highest BCUT2D eigenvalue weighted by Crippen LogP contribution is 2.48. The molecule has 1 fully saturated rings. The van der Waals surface area contributed by atoms with E-state index in [0.29, 0.717) is 11.4 Å². The Morgan fingerprint density at radius 1 is 1.22 bits per heavy atom. The highest BCUT2D eigenvalue weighted by atomic mass is 19.2. The number of aliphatic hydroxyl groups excluding tert-OH is 1. The molecule has 0 unspecified atom stereocenters. The molecule has 8 heteroatoms. The fourth-order valence-corrected chi connectivity index (χ4v) is 5.22. The highest BCUT2D eigenvalue weighted by molar-refractivity contribution is 5.73. The normalized spacial score (nSPS) is 20.1. The van der Waals surface area contributed by atoms with Crippen molar-refractivity contribution in [1.29, 1.82) is 0 Å². The van der Waals surface area contributed by atoms with Crippen molar-refractivity contribution in [2.24, 2.45) is 5.41 Å². The fraction of sp³-hybridized carbons (Fsp3) is 0.571. The summed E-state index contributed by atoms with van der Waals surface area (Å²) in [6, 6.07) is 5.04. The van der Waals surface area contributed by atoms with E-state index in [1.165, 1.54) is 13.0 Å². The van der Waals surface area contributed by atoms with E-state index in [1.54, 1.807) is 0 Å². The monoisotopic (exact) mass is 501 g/mol. The van der Waals surface area contributed by atoms with Crippen molar-refractivity contribution in [1.82, 2.24) is 15.6 Å². The number of ether oxygens (including phenoxy) is 1. The molecule has 2 heterocycles. The van der Waals surface area contributed by atoms with Gasteiger partial charge in [0.2, 0.25) is 11.8 Å². The summed E-state index contributed by atoms with van der Waals surface area (Å²) in [4.78, 5) is 16.5. The largest absolute Gasteiger partial charge is 0.471 e. The van der Waals surface area contributed by atoms with Crippen LogP contribution in [0.25, 0.3) is 0 Å². The summed E-state index contributed by atoms with van der Waals surface area (Å²) >= 11 is 0. The van der Waals surface area contributed by atoms with Crippen LogP contribution in [0, 0.1) is 17.0 Å². The molecule has 4 rings (SSSR count). The Labute approximate surface area is 211 Å². The Hall–Kier alpha value is -2.58. The third-order valence-corrected chi connectivity index (χ3v) is 7.07. The number of nitrogens with one attached hydrogen (secondary N) is 2. The smallest absolute Gasteiger partial charge is 0.218 e. The van der Waals surface area contributed by atoms with E-state index in [9.17, 15) is 18.7 Å². The van der Waals surface area contributed by atoms with Gasteiger partial charge in [-0.25, -0.2) is 13.8 Å². The molecule has 1 aromatic carbocycles. The number of amides is 1. The minimum atomic E-state index is -0.954. The Morgan fingerprint density at radius 2 is 1.97 bits per heavy atom. The maximum atomic E-state index is 13.7. The van der Waals surface area contributed by atoms with Crippen molar-refractivity contribution < 1.29 is 23.4 Å². The number of aromatic nitrogens is 1. The quantitative estimate of drug-likeness (QED) is 0.500. The molecule has 0 saturated heterocycles. The maximum Gasteiger partial charge on any atom is 0.218 e. The third kappa shape index (κ3) is 6.40. The third-order valence-electron chi connectivity index (χ3n) is 7.07. The minimum absolute atomic E-state index is 0.0580. The predicted octanol–water partition coefficient (Wildman–Crippen LogP) is 4.39. The van der Waals surface area contributed by atoms with E-state index in [4.69, 9.17) is 4.74 Å². The zero-order valence-corrected chi connectivity index (χ0v) is 21.5. The molecule has 1 spiro atoms. The van der Waals surface area contributed by atoms with Crippen molar-refractivity contribution in [3.63, 3.8) is 0 Å². The van der Waals surface area contributed by atoms with E-state index in [2.05, 4.69) is 42.5 Å². The number of rotatable bonds is 8. The van der Waals surface area contributed by atoms with Gasteiger partial charge in [-0.1, -0.05) is 26.8 Å². The van der Waals surface area contributed by atoms with Gasteiger partial charge in [0.15, 0.2) is 11.6 Å². The molecule has 36 heavy (non-hydrogen) atoms. The molecule has 1 aromatic heterocycles. The maximum absolute atomic E-state index is 13.7. The fourth-order valence-electron chi connectivity index (χ4n) is 5.22. The van der Waals surface area contributed by atoms with Crippen LogP contribution in [-0.2, 0) is 17.6 Å². The van der Waals surface area contributed by atoms with Gasteiger partial charge in [0.25, 0.3) is 0 Å². The number of hydrogen-bond donors (Lipinski definition) is 3.